The molecule has 0 aliphatic heterocycles. The zero-order valence-corrected chi connectivity index (χ0v) is 9.38. The van der Waals surface area contributed by atoms with Crippen molar-refractivity contribution in [1.29, 1.82) is 0 Å². The Hall–Kier alpha value is -0.520. The van der Waals surface area contributed by atoms with E-state index in [1.54, 1.807) is 0 Å². The maximum absolute atomic E-state index is 2.31. The van der Waals surface area contributed by atoms with E-state index in [2.05, 4.69) is 24.3 Å². The molecule has 0 fully saturated rings. The normalized spacial score (nSPS) is 24.0. The minimum absolute atomic E-state index is 1.27. The first kappa shape index (κ1) is 11.6. The lowest BCUT2D eigenvalue weighted by atomic mass is 10.1. The Balaban J connectivity index is 2.17. The molecule has 1 aliphatic rings. The van der Waals surface area contributed by atoms with Crippen LogP contribution in [-0.2, 0) is 0 Å². The molecule has 0 aromatic rings. The van der Waals surface area contributed by atoms with E-state index < -0.39 is 0 Å². The molecular weight excluding hydrogens is 168 g/mol. The van der Waals surface area contributed by atoms with Gasteiger partial charge in [-0.3, -0.25) is 0 Å². The van der Waals surface area contributed by atoms with Crippen molar-refractivity contribution in [2.24, 2.45) is 0 Å². The van der Waals surface area contributed by atoms with Crippen molar-refractivity contribution in [3.05, 3.63) is 24.3 Å². The summed E-state index contributed by atoms with van der Waals surface area (Å²) in [5.41, 5.74) is 0. The monoisotopic (exact) mass is 192 g/mol. The lowest BCUT2D eigenvalue weighted by Gasteiger charge is -2.01. The molecule has 0 heterocycles. The summed E-state index contributed by atoms with van der Waals surface area (Å²) < 4.78 is 0. The van der Waals surface area contributed by atoms with E-state index in [-0.39, 0.29) is 0 Å². The van der Waals surface area contributed by atoms with Crippen molar-refractivity contribution in [2.75, 3.05) is 0 Å². The highest BCUT2D eigenvalue weighted by Gasteiger charge is 1.91. The molecule has 0 atom stereocenters. The van der Waals surface area contributed by atoms with Crippen molar-refractivity contribution < 1.29 is 0 Å². The molecule has 0 radical (unpaired) electrons. The Kier molecular flexibility index (Phi) is 7.47. The zero-order chi connectivity index (χ0) is 9.90. The van der Waals surface area contributed by atoms with Crippen LogP contribution < -0.4 is 0 Å². The van der Waals surface area contributed by atoms with Gasteiger partial charge in [-0.25, -0.2) is 0 Å². The molecule has 1 aliphatic carbocycles. The second kappa shape index (κ2) is 9.05. The van der Waals surface area contributed by atoms with Gasteiger partial charge in [-0.1, -0.05) is 62.8 Å². The molecule has 14 heavy (non-hydrogen) atoms. The van der Waals surface area contributed by atoms with Gasteiger partial charge in [0.15, 0.2) is 0 Å². The third-order valence-corrected chi connectivity index (χ3v) is 2.87. The fourth-order valence-corrected chi connectivity index (χ4v) is 1.93. The highest BCUT2D eigenvalue weighted by Crippen LogP contribution is 2.11. The highest BCUT2D eigenvalue weighted by atomic mass is 14.0. The first-order valence-corrected chi connectivity index (χ1v) is 6.32. The van der Waals surface area contributed by atoms with E-state index in [1.807, 2.05) is 0 Å². The first-order valence-electron chi connectivity index (χ1n) is 6.32. The summed E-state index contributed by atoms with van der Waals surface area (Å²) >= 11 is 0. The zero-order valence-electron chi connectivity index (χ0n) is 9.38. The van der Waals surface area contributed by atoms with Gasteiger partial charge in [-0.15, -0.1) is 0 Å². The van der Waals surface area contributed by atoms with E-state index in [0.29, 0.717) is 0 Å². The average Bonchev–Trinajstić information content (AvgIpc) is 2.22. The topological polar surface area (TPSA) is 0 Å². The van der Waals surface area contributed by atoms with Crippen LogP contribution in [0, 0.1) is 0 Å². The molecule has 0 aromatic heterocycles. The van der Waals surface area contributed by atoms with Crippen molar-refractivity contribution in [2.45, 2.75) is 64.2 Å². The van der Waals surface area contributed by atoms with Crippen LogP contribution >= 0.6 is 0 Å². The van der Waals surface area contributed by atoms with Crippen LogP contribution in [0.2, 0.25) is 0 Å². The van der Waals surface area contributed by atoms with Crippen LogP contribution in [0.4, 0.5) is 0 Å². The molecule has 0 N–H and O–H groups in total. The number of hydrogen-bond acceptors (Lipinski definition) is 0. The van der Waals surface area contributed by atoms with Gasteiger partial charge in [0.05, 0.1) is 0 Å². The Morgan fingerprint density at radius 2 is 0.786 bits per heavy atom. The SMILES string of the molecule is C1=CCCCCCCCCCC/C=C\1. The van der Waals surface area contributed by atoms with Gasteiger partial charge >= 0.3 is 0 Å². The molecule has 80 valence electrons. The van der Waals surface area contributed by atoms with Crippen molar-refractivity contribution in [3.8, 4) is 0 Å². The van der Waals surface area contributed by atoms with Crippen LogP contribution in [0.25, 0.3) is 0 Å². The Bertz CT molecular complexity index is 145. The summed E-state index contributed by atoms with van der Waals surface area (Å²) in [6.45, 7) is 0. The molecule has 0 heteroatoms. The molecule has 0 amide bonds. The molecule has 0 saturated heterocycles. The molecule has 0 nitrogen and oxygen atoms in total. The molecule has 1 rings (SSSR count). The van der Waals surface area contributed by atoms with E-state index in [0.717, 1.165) is 0 Å². The van der Waals surface area contributed by atoms with Crippen LogP contribution in [0.1, 0.15) is 64.2 Å². The smallest absolute Gasteiger partial charge is 0.0348 e. The standard InChI is InChI=1S/C14H24/c1-2-4-6-8-10-12-14-13-11-9-7-5-3-1/h1-4H,5-14H2/b3-1-,4-2?. The molecular formula is C14H24. The first-order chi connectivity index (χ1) is 7.00. The molecule has 0 saturated carbocycles. The summed E-state index contributed by atoms with van der Waals surface area (Å²) in [5, 5.41) is 0. The number of rotatable bonds is 0. The summed E-state index contributed by atoms with van der Waals surface area (Å²) in [5.74, 6) is 0. The van der Waals surface area contributed by atoms with Gasteiger partial charge in [0, 0.05) is 0 Å². The van der Waals surface area contributed by atoms with Crippen LogP contribution in [0.15, 0.2) is 24.3 Å². The van der Waals surface area contributed by atoms with Gasteiger partial charge in [0.25, 0.3) is 0 Å². The van der Waals surface area contributed by atoms with Crippen molar-refractivity contribution >= 4 is 0 Å². The average molecular weight is 192 g/mol. The summed E-state index contributed by atoms with van der Waals surface area (Å²) in [6, 6.07) is 0. The third-order valence-electron chi connectivity index (χ3n) is 2.87. The maximum Gasteiger partial charge on any atom is -0.0348 e. The Labute approximate surface area is 89.1 Å². The molecule has 0 spiro atoms. The maximum atomic E-state index is 2.31. The quantitative estimate of drug-likeness (QED) is 0.506. The van der Waals surface area contributed by atoms with E-state index >= 15 is 0 Å². The van der Waals surface area contributed by atoms with Gasteiger partial charge in [0.1, 0.15) is 0 Å². The van der Waals surface area contributed by atoms with Gasteiger partial charge in [-0.05, 0) is 25.7 Å². The second-order valence-electron chi connectivity index (χ2n) is 4.26. The second-order valence-corrected chi connectivity index (χ2v) is 4.26. The number of allylic oxidation sites excluding steroid dienone is 4. The highest BCUT2D eigenvalue weighted by molar-refractivity contribution is 5.02. The molecule has 0 aromatic carbocycles. The minimum Gasteiger partial charge on any atom is -0.0845 e. The predicted molar refractivity (Wildman–Crippen MR) is 64.5 cm³/mol. The van der Waals surface area contributed by atoms with E-state index in [9.17, 15) is 0 Å². The Morgan fingerprint density at radius 1 is 0.429 bits per heavy atom. The molecule has 0 bridgehead atoms. The summed E-state index contributed by atoms with van der Waals surface area (Å²) in [6.07, 6.45) is 23.0. The van der Waals surface area contributed by atoms with Crippen LogP contribution in [0.5, 0.6) is 0 Å². The fraction of sp³-hybridized carbons (Fsp3) is 0.714. The van der Waals surface area contributed by atoms with E-state index in [1.165, 1.54) is 64.2 Å². The van der Waals surface area contributed by atoms with Gasteiger partial charge in [0.2, 0.25) is 0 Å². The van der Waals surface area contributed by atoms with Crippen LogP contribution in [-0.4, -0.2) is 0 Å². The van der Waals surface area contributed by atoms with E-state index in [4.69, 9.17) is 0 Å². The Morgan fingerprint density at radius 3 is 1.21 bits per heavy atom. The number of hydrogen-bond donors (Lipinski definition) is 0. The van der Waals surface area contributed by atoms with Crippen molar-refractivity contribution in [3.63, 3.8) is 0 Å². The minimum atomic E-state index is 1.27. The predicted octanol–water partition coefficient (Wildman–Crippen LogP) is 5.01. The molecule has 0 unspecified atom stereocenters. The van der Waals surface area contributed by atoms with Crippen molar-refractivity contribution in [1.82, 2.24) is 0 Å². The fourth-order valence-electron chi connectivity index (χ4n) is 1.93. The van der Waals surface area contributed by atoms with Gasteiger partial charge < -0.3 is 0 Å². The summed E-state index contributed by atoms with van der Waals surface area (Å²) in [4.78, 5) is 0. The lowest BCUT2D eigenvalue weighted by molar-refractivity contribution is 0.571. The van der Waals surface area contributed by atoms with Crippen LogP contribution in [0.3, 0.4) is 0 Å². The summed E-state index contributed by atoms with van der Waals surface area (Å²) in [7, 11) is 0. The lowest BCUT2D eigenvalue weighted by Crippen LogP contribution is -1.81. The van der Waals surface area contributed by atoms with Gasteiger partial charge in [-0.2, -0.15) is 0 Å². The third kappa shape index (κ3) is 6.94. The largest absolute Gasteiger partial charge is 0.0845 e.